The van der Waals surface area contributed by atoms with Crippen LogP contribution in [0.1, 0.15) is 38.4 Å². The third-order valence-electron chi connectivity index (χ3n) is 2.34. The molecule has 0 aliphatic rings. The lowest BCUT2D eigenvalue weighted by atomic mass is 10.1. The maximum Gasteiger partial charge on any atom is 0.0602 e. The van der Waals surface area contributed by atoms with E-state index in [2.05, 4.69) is 29.2 Å². The molecular weight excluding hydrogens is 186 g/mol. The van der Waals surface area contributed by atoms with Gasteiger partial charge in [-0.05, 0) is 26.0 Å². The van der Waals surface area contributed by atoms with Gasteiger partial charge in [0.15, 0.2) is 0 Å². The van der Waals surface area contributed by atoms with Crippen LogP contribution in [0, 0.1) is 11.8 Å². The Morgan fingerprint density at radius 1 is 1.60 bits per heavy atom. The molecule has 0 aromatic carbocycles. The summed E-state index contributed by atoms with van der Waals surface area (Å²) >= 11 is 0. The van der Waals surface area contributed by atoms with Crippen molar-refractivity contribution in [1.82, 2.24) is 15.1 Å². The van der Waals surface area contributed by atoms with E-state index < -0.39 is 0 Å². The van der Waals surface area contributed by atoms with E-state index in [9.17, 15) is 0 Å². The van der Waals surface area contributed by atoms with Gasteiger partial charge in [-0.1, -0.05) is 6.92 Å². The molecule has 3 nitrogen and oxygen atoms in total. The van der Waals surface area contributed by atoms with Crippen LogP contribution < -0.4 is 5.32 Å². The minimum atomic E-state index is 0.296. The minimum Gasteiger partial charge on any atom is -0.308 e. The van der Waals surface area contributed by atoms with Gasteiger partial charge in [-0.3, -0.25) is 4.68 Å². The largest absolute Gasteiger partial charge is 0.308 e. The third-order valence-corrected chi connectivity index (χ3v) is 2.34. The van der Waals surface area contributed by atoms with Crippen LogP contribution >= 0.6 is 0 Å². The van der Waals surface area contributed by atoms with Gasteiger partial charge in [-0.25, -0.2) is 0 Å². The number of hydrogen-bond donors (Lipinski definition) is 1. The van der Waals surface area contributed by atoms with E-state index in [-0.39, 0.29) is 0 Å². The van der Waals surface area contributed by atoms with Crippen LogP contribution in [0.3, 0.4) is 0 Å². The van der Waals surface area contributed by atoms with Crippen molar-refractivity contribution in [3.63, 3.8) is 0 Å². The van der Waals surface area contributed by atoms with Crippen LogP contribution in [-0.2, 0) is 7.05 Å². The highest BCUT2D eigenvalue weighted by atomic mass is 15.3. The van der Waals surface area contributed by atoms with E-state index in [1.807, 2.05) is 30.9 Å². The number of nitrogens with one attached hydrogen (secondary N) is 1. The first-order chi connectivity index (χ1) is 7.29. The fourth-order valence-corrected chi connectivity index (χ4v) is 1.53. The Balaban J connectivity index is 2.70. The Morgan fingerprint density at radius 3 is 2.93 bits per heavy atom. The van der Waals surface area contributed by atoms with Crippen LogP contribution in [0.5, 0.6) is 0 Å². The Kier molecular flexibility index (Phi) is 4.92. The first-order valence-corrected chi connectivity index (χ1v) is 5.40. The SMILES string of the molecule is CC#CCC(NCCC)c1ccnn1C. The van der Waals surface area contributed by atoms with Gasteiger partial charge < -0.3 is 5.32 Å². The molecule has 1 unspecified atom stereocenters. The standard InChI is InChI=1S/C12H19N3/c1-4-6-7-11(13-9-5-2)12-8-10-14-15(12)3/h8,10-11,13H,5,7,9H2,1-3H3. The second kappa shape index (κ2) is 6.26. The highest BCUT2D eigenvalue weighted by molar-refractivity contribution is 5.11. The molecule has 0 amide bonds. The minimum absolute atomic E-state index is 0.296. The van der Waals surface area contributed by atoms with Crippen molar-refractivity contribution in [2.45, 2.75) is 32.7 Å². The smallest absolute Gasteiger partial charge is 0.0602 e. The summed E-state index contributed by atoms with van der Waals surface area (Å²) in [6, 6.07) is 2.34. The predicted molar refractivity (Wildman–Crippen MR) is 62.3 cm³/mol. The molecule has 0 radical (unpaired) electrons. The topological polar surface area (TPSA) is 29.9 Å². The zero-order valence-corrected chi connectivity index (χ0v) is 9.75. The van der Waals surface area contributed by atoms with Crippen molar-refractivity contribution in [2.24, 2.45) is 7.05 Å². The van der Waals surface area contributed by atoms with E-state index in [1.54, 1.807) is 0 Å². The zero-order valence-electron chi connectivity index (χ0n) is 9.75. The second-order valence-corrected chi connectivity index (χ2v) is 3.52. The molecule has 1 atom stereocenters. The highest BCUT2D eigenvalue weighted by Crippen LogP contribution is 2.14. The fourth-order valence-electron chi connectivity index (χ4n) is 1.53. The van der Waals surface area contributed by atoms with Crippen molar-refractivity contribution in [3.05, 3.63) is 18.0 Å². The van der Waals surface area contributed by atoms with Crippen molar-refractivity contribution < 1.29 is 0 Å². The number of nitrogens with zero attached hydrogens (tertiary/aromatic N) is 2. The summed E-state index contributed by atoms with van der Waals surface area (Å²) in [5.41, 5.74) is 1.20. The van der Waals surface area contributed by atoms with Crippen molar-refractivity contribution in [2.75, 3.05) is 6.54 Å². The number of rotatable bonds is 5. The Morgan fingerprint density at radius 2 is 2.40 bits per heavy atom. The van der Waals surface area contributed by atoms with Crippen molar-refractivity contribution in [1.29, 1.82) is 0 Å². The van der Waals surface area contributed by atoms with Crippen LogP contribution in [0.25, 0.3) is 0 Å². The van der Waals surface area contributed by atoms with E-state index in [4.69, 9.17) is 0 Å². The monoisotopic (exact) mass is 205 g/mol. The van der Waals surface area contributed by atoms with Gasteiger partial charge >= 0.3 is 0 Å². The zero-order chi connectivity index (χ0) is 11.1. The molecular formula is C12H19N3. The molecule has 0 saturated carbocycles. The molecule has 0 aliphatic heterocycles. The molecule has 0 bridgehead atoms. The number of aryl methyl sites for hydroxylation is 1. The Hall–Kier alpha value is -1.27. The first kappa shape index (κ1) is 11.8. The van der Waals surface area contributed by atoms with Crippen molar-refractivity contribution >= 4 is 0 Å². The summed E-state index contributed by atoms with van der Waals surface area (Å²) in [4.78, 5) is 0. The van der Waals surface area contributed by atoms with Gasteiger partial charge in [0.25, 0.3) is 0 Å². The third kappa shape index (κ3) is 3.41. The average Bonchev–Trinajstić information content (AvgIpc) is 2.65. The van der Waals surface area contributed by atoms with Crippen LogP contribution in [0.4, 0.5) is 0 Å². The molecule has 3 heteroatoms. The van der Waals surface area contributed by atoms with E-state index >= 15 is 0 Å². The molecule has 0 aliphatic carbocycles. The first-order valence-electron chi connectivity index (χ1n) is 5.40. The molecule has 1 rings (SSSR count). The molecule has 0 saturated heterocycles. The number of aromatic nitrogens is 2. The van der Waals surface area contributed by atoms with Gasteiger partial charge in [0.2, 0.25) is 0 Å². The Labute approximate surface area is 91.9 Å². The lowest BCUT2D eigenvalue weighted by Gasteiger charge is -2.16. The lowest BCUT2D eigenvalue weighted by molar-refractivity contribution is 0.504. The lowest BCUT2D eigenvalue weighted by Crippen LogP contribution is -2.23. The summed E-state index contributed by atoms with van der Waals surface area (Å²) in [6.07, 6.45) is 3.80. The molecule has 1 aromatic rings. The number of hydrogen-bond acceptors (Lipinski definition) is 2. The van der Waals surface area contributed by atoms with Crippen LogP contribution in [0.2, 0.25) is 0 Å². The summed E-state index contributed by atoms with van der Waals surface area (Å²) < 4.78 is 1.91. The predicted octanol–water partition coefficient (Wildman–Crippen LogP) is 1.87. The Bertz CT molecular complexity index is 343. The van der Waals surface area contributed by atoms with Crippen LogP contribution in [0.15, 0.2) is 12.3 Å². The quantitative estimate of drug-likeness (QED) is 0.744. The summed E-state index contributed by atoms with van der Waals surface area (Å²) in [5, 5.41) is 7.67. The average molecular weight is 205 g/mol. The molecule has 1 aromatic heterocycles. The van der Waals surface area contributed by atoms with Crippen LogP contribution in [-0.4, -0.2) is 16.3 Å². The maximum absolute atomic E-state index is 4.18. The van der Waals surface area contributed by atoms with Gasteiger partial charge in [-0.15, -0.1) is 11.8 Å². The van der Waals surface area contributed by atoms with E-state index in [1.165, 1.54) is 5.69 Å². The summed E-state index contributed by atoms with van der Waals surface area (Å²) in [5.74, 6) is 6.06. The normalized spacial score (nSPS) is 11.9. The maximum atomic E-state index is 4.18. The molecule has 1 N–H and O–H groups in total. The molecule has 15 heavy (non-hydrogen) atoms. The highest BCUT2D eigenvalue weighted by Gasteiger charge is 2.12. The van der Waals surface area contributed by atoms with Gasteiger partial charge in [-0.2, -0.15) is 5.10 Å². The van der Waals surface area contributed by atoms with Gasteiger partial charge in [0.05, 0.1) is 11.7 Å². The fraction of sp³-hybridized carbons (Fsp3) is 0.583. The molecule has 0 fully saturated rings. The van der Waals surface area contributed by atoms with E-state index in [0.29, 0.717) is 6.04 Å². The van der Waals surface area contributed by atoms with Gasteiger partial charge in [0, 0.05) is 19.7 Å². The summed E-state index contributed by atoms with van der Waals surface area (Å²) in [7, 11) is 1.97. The summed E-state index contributed by atoms with van der Waals surface area (Å²) in [6.45, 7) is 5.06. The second-order valence-electron chi connectivity index (χ2n) is 3.52. The van der Waals surface area contributed by atoms with E-state index in [0.717, 1.165) is 19.4 Å². The molecule has 82 valence electrons. The van der Waals surface area contributed by atoms with Gasteiger partial charge in [0.1, 0.15) is 0 Å². The molecule has 0 spiro atoms. The van der Waals surface area contributed by atoms with Crippen molar-refractivity contribution in [3.8, 4) is 11.8 Å². The molecule has 1 heterocycles.